The van der Waals surface area contributed by atoms with Crippen LogP contribution in [-0.4, -0.2) is 16.6 Å². The maximum atomic E-state index is 9.97. The van der Waals surface area contributed by atoms with E-state index in [1.54, 1.807) is 0 Å². The molecule has 0 unspecified atom stereocenters. The van der Waals surface area contributed by atoms with E-state index in [4.69, 9.17) is 0 Å². The van der Waals surface area contributed by atoms with Crippen LogP contribution < -0.4 is 4.90 Å². The lowest BCUT2D eigenvalue weighted by Crippen LogP contribution is -2.15. The van der Waals surface area contributed by atoms with Gasteiger partial charge >= 0.3 is 0 Å². The van der Waals surface area contributed by atoms with Gasteiger partial charge in [-0.1, -0.05) is 25.1 Å². The fourth-order valence-corrected chi connectivity index (χ4v) is 2.84. The summed E-state index contributed by atoms with van der Waals surface area (Å²) in [4.78, 5) is 6.81. The van der Waals surface area contributed by atoms with Gasteiger partial charge in [-0.3, -0.25) is 0 Å². The number of aryl methyl sites for hydroxylation is 1. The smallest absolute Gasteiger partial charge is 0.133 e. The van der Waals surface area contributed by atoms with E-state index in [1.807, 2.05) is 20.0 Å². The average molecular weight is 268 g/mol. The zero-order chi connectivity index (χ0) is 14.1. The Hall–Kier alpha value is -1.87. The van der Waals surface area contributed by atoms with Crippen LogP contribution in [0.1, 0.15) is 36.1 Å². The van der Waals surface area contributed by atoms with Gasteiger partial charge in [-0.15, -0.1) is 0 Å². The number of benzene rings is 1. The summed E-state index contributed by atoms with van der Waals surface area (Å²) in [7, 11) is 0. The first-order chi connectivity index (χ1) is 9.70. The Labute approximate surface area is 119 Å². The minimum absolute atomic E-state index is 0.414. The van der Waals surface area contributed by atoms with E-state index in [0.29, 0.717) is 6.42 Å². The van der Waals surface area contributed by atoms with Crippen LogP contribution in [0.5, 0.6) is 0 Å². The summed E-state index contributed by atoms with van der Waals surface area (Å²) in [6.07, 6.45) is 3.19. The molecule has 104 valence electrons. The standard InChI is InChI=1S/C17H20N2O/c1-3-16(20)14-11-18-17(10-12(14)2)19-9-8-13-6-4-5-7-15(13)19/h4-7,10-11,16,20H,3,8-9H2,1-2H3/t16-/m1/s1. The van der Waals surface area contributed by atoms with Crippen molar-refractivity contribution in [3.63, 3.8) is 0 Å². The second kappa shape index (κ2) is 5.25. The first-order valence-electron chi connectivity index (χ1n) is 7.20. The van der Waals surface area contributed by atoms with Crippen LogP contribution in [0.15, 0.2) is 36.5 Å². The fraction of sp³-hybridized carbons (Fsp3) is 0.353. The maximum absolute atomic E-state index is 9.97. The van der Waals surface area contributed by atoms with E-state index in [9.17, 15) is 5.11 Å². The topological polar surface area (TPSA) is 36.4 Å². The van der Waals surface area contributed by atoms with Gasteiger partial charge in [0.2, 0.25) is 0 Å². The second-order valence-electron chi connectivity index (χ2n) is 5.35. The van der Waals surface area contributed by atoms with Crippen molar-refractivity contribution in [1.29, 1.82) is 0 Å². The van der Waals surface area contributed by atoms with Crippen LogP contribution in [0.3, 0.4) is 0 Å². The molecule has 0 amide bonds. The predicted octanol–water partition coefficient (Wildman–Crippen LogP) is 3.53. The molecule has 1 aliphatic rings. The van der Waals surface area contributed by atoms with Crippen LogP contribution in [0.25, 0.3) is 0 Å². The molecule has 2 heterocycles. The number of para-hydroxylation sites is 1. The Bertz CT molecular complexity index is 624. The van der Waals surface area contributed by atoms with Crippen LogP contribution >= 0.6 is 0 Å². The SMILES string of the molecule is CC[C@@H](O)c1cnc(N2CCc3ccccc32)cc1C. The van der Waals surface area contributed by atoms with Crippen LogP contribution in [-0.2, 0) is 6.42 Å². The van der Waals surface area contributed by atoms with Crippen LogP contribution in [0.4, 0.5) is 11.5 Å². The molecule has 3 heteroatoms. The Kier molecular flexibility index (Phi) is 3.45. The number of aromatic nitrogens is 1. The zero-order valence-corrected chi connectivity index (χ0v) is 12.0. The Morgan fingerprint density at radius 3 is 2.90 bits per heavy atom. The molecule has 1 N–H and O–H groups in total. The number of pyridine rings is 1. The lowest BCUT2D eigenvalue weighted by atomic mass is 10.0. The summed E-state index contributed by atoms with van der Waals surface area (Å²) in [6, 6.07) is 10.6. The Balaban J connectivity index is 1.95. The summed E-state index contributed by atoms with van der Waals surface area (Å²) in [6.45, 7) is 5.00. The molecular formula is C17H20N2O. The minimum Gasteiger partial charge on any atom is -0.388 e. The molecule has 0 saturated heterocycles. The lowest BCUT2D eigenvalue weighted by Gasteiger charge is -2.20. The van der Waals surface area contributed by atoms with E-state index in [0.717, 1.165) is 29.9 Å². The van der Waals surface area contributed by atoms with Gasteiger partial charge in [-0.25, -0.2) is 4.98 Å². The molecule has 0 fully saturated rings. The highest BCUT2D eigenvalue weighted by Gasteiger charge is 2.21. The van der Waals surface area contributed by atoms with Crippen molar-refractivity contribution in [3.8, 4) is 0 Å². The molecule has 0 aliphatic carbocycles. The average Bonchev–Trinajstić information content (AvgIpc) is 2.90. The number of anilines is 2. The third-order valence-electron chi connectivity index (χ3n) is 4.05. The van der Waals surface area contributed by atoms with E-state index < -0.39 is 6.10 Å². The number of aliphatic hydroxyl groups excluding tert-OH is 1. The van der Waals surface area contributed by atoms with Crippen molar-refractivity contribution in [2.45, 2.75) is 32.8 Å². The maximum Gasteiger partial charge on any atom is 0.133 e. The van der Waals surface area contributed by atoms with E-state index in [-0.39, 0.29) is 0 Å². The first-order valence-corrected chi connectivity index (χ1v) is 7.20. The molecule has 0 spiro atoms. The quantitative estimate of drug-likeness (QED) is 0.925. The fourth-order valence-electron chi connectivity index (χ4n) is 2.84. The molecular weight excluding hydrogens is 248 g/mol. The lowest BCUT2D eigenvalue weighted by molar-refractivity contribution is 0.172. The Morgan fingerprint density at radius 2 is 2.15 bits per heavy atom. The highest BCUT2D eigenvalue weighted by molar-refractivity contribution is 5.67. The van der Waals surface area contributed by atoms with Gasteiger partial charge in [0.25, 0.3) is 0 Å². The van der Waals surface area contributed by atoms with E-state index in [2.05, 4.69) is 40.2 Å². The van der Waals surface area contributed by atoms with E-state index in [1.165, 1.54) is 11.3 Å². The molecule has 0 bridgehead atoms. The monoisotopic (exact) mass is 268 g/mol. The first kappa shape index (κ1) is 13.1. The molecule has 3 nitrogen and oxygen atoms in total. The normalized spacial score (nSPS) is 15.2. The molecule has 1 atom stereocenters. The van der Waals surface area contributed by atoms with E-state index >= 15 is 0 Å². The van der Waals surface area contributed by atoms with Crippen molar-refractivity contribution in [3.05, 3.63) is 53.2 Å². The van der Waals surface area contributed by atoms with Gasteiger partial charge in [0.05, 0.1) is 6.10 Å². The van der Waals surface area contributed by atoms with Crippen molar-refractivity contribution < 1.29 is 5.11 Å². The van der Waals surface area contributed by atoms with Gasteiger partial charge in [-0.05, 0) is 43.0 Å². The van der Waals surface area contributed by atoms with Gasteiger partial charge in [-0.2, -0.15) is 0 Å². The minimum atomic E-state index is -0.414. The van der Waals surface area contributed by atoms with Crippen LogP contribution in [0, 0.1) is 6.92 Å². The van der Waals surface area contributed by atoms with Crippen molar-refractivity contribution in [2.75, 3.05) is 11.4 Å². The number of hydrogen-bond donors (Lipinski definition) is 1. The summed E-state index contributed by atoms with van der Waals surface area (Å²) < 4.78 is 0. The Morgan fingerprint density at radius 1 is 1.35 bits per heavy atom. The summed E-state index contributed by atoms with van der Waals surface area (Å²) in [5.41, 5.74) is 4.67. The number of nitrogens with zero attached hydrogens (tertiary/aromatic N) is 2. The van der Waals surface area contributed by atoms with Gasteiger partial charge < -0.3 is 10.0 Å². The largest absolute Gasteiger partial charge is 0.388 e. The van der Waals surface area contributed by atoms with Crippen molar-refractivity contribution in [2.24, 2.45) is 0 Å². The summed E-state index contributed by atoms with van der Waals surface area (Å²) >= 11 is 0. The zero-order valence-electron chi connectivity index (χ0n) is 12.0. The van der Waals surface area contributed by atoms with Gasteiger partial charge in [0.15, 0.2) is 0 Å². The number of fused-ring (bicyclic) bond motifs is 1. The number of rotatable bonds is 3. The van der Waals surface area contributed by atoms with Crippen molar-refractivity contribution in [1.82, 2.24) is 4.98 Å². The predicted molar refractivity (Wildman–Crippen MR) is 81.4 cm³/mol. The molecule has 1 aromatic carbocycles. The molecule has 1 aromatic heterocycles. The summed E-state index contributed by atoms with van der Waals surface area (Å²) in [5.74, 6) is 0.972. The van der Waals surface area contributed by atoms with Gasteiger partial charge in [0.1, 0.15) is 5.82 Å². The number of hydrogen-bond acceptors (Lipinski definition) is 3. The summed E-state index contributed by atoms with van der Waals surface area (Å²) in [5, 5.41) is 9.97. The highest BCUT2D eigenvalue weighted by atomic mass is 16.3. The molecule has 2 aromatic rings. The molecule has 3 rings (SSSR count). The molecule has 0 radical (unpaired) electrons. The third-order valence-corrected chi connectivity index (χ3v) is 4.05. The van der Waals surface area contributed by atoms with Crippen LogP contribution in [0.2, 0.25) is 0 Å². The third kappa shape index (κ3) is 2.18. The van der Waals surface area contributed by atoms with Crippen molar-refractivity contribution >= 4 is 11.5 Å². The van der Waals surface area contributed by atoms with Gasteiger partial charge in [0, 0.05) is 24.0 Å². The molecule has 20 heavy (non-hydrogen) atoms. The highest BCUT2D eigenvalue weighted by Crippen LogP contribution is 2.34. The second-order valence-corrected chi connectivity index (χ2v) is 5.35. The molecule has 0 saturated carbocycles. The number of aliphatic hydroxyl groups is 1. The molecule has 1 aliphatic heterocycles.